The monoisotopic (exact) mass is 274 g/mol. The van der Waals surface area contributed by atoms with Crippen molar-refractivity contribution >= 4 is 17.4 Å². The van der Waals surface area contributed by atoms with E-state index in [1.165, 1.54) is 0 Å². The molecule has 0 spiro atoms. The first-order valence-electron chi connectivity index (χ1n) is 6.49. The number of amides is 2. The van der Waals surface area contributed by atoms with Crippen LogP contribution in [0.1, 0.15) is 6.92 Å². The van der Waals surface area contributed by atoms with Crippen molar-refractivity contribution in [3.05, 3.63) is 36.9 Å². The number of urea groups is 1. The summed E-state index contributed by atoms with van der Waals surface area (Å²) in [5.74, 6) is 0. The molecule has 2 aromatic heterocycles. The van der Waals surface area contributed by atoms with Crippen LogP contribution in [0.5, 0.6) is 0 Å². The number of rotatable bonds is 6. The summed E-state index contributed by atoms with van der Waals surface area (Å²) in [6, 6.07) is 3.54. The van der Waals surface area contributed by atoms with Gasteiger partial charge in [0.25, 0.3) is 0 Å². The molecule has 0 unspecified atom stereocenters. The zero-order valence-corrected chi connectivity index (χ0v) is 11.3. The fourth-order valence-electron chi connectivity index (χ4n) is 1.63. The number of aryl methyl sites for hydroxylation is 1. The molecule has 2 rings (SSSR count). The Hall–Kier alpha value is -2.57. The second-order valence-corrected chi connectivity index (χ2v) is 4.13. The molecule has 106 valence electrons. The lowest BCUT2D eigenvalue weighted by Crippen LogP contribution is -2.32. The van der Waals surface area contributed by atoms with Gasteiger partial charge in [-0.05, 0) is 19.1 Å². The van der Waals surface area contributed by atoms with Crippen molar-refractivity contribution in [2.45, 2.75) is 13.5 Å². The van der Waals surface area contributed by atoms with Gasteiger partial charge >= 0.3 is 6.03 Å². The number of carbonyl (C=O) groups is 1. The fourth-order valence-corrected chi connectivity index (χ4v) is 1.63. The Labute approximate surface area is 117 Å². The van der Waals surface area contributed by atoms with Crippen LogP contribution in [0.25, 0.3) is 0 Å². The Morgan fingerprint density at radius 2 is 2.20 bits per heavy atom. The van der Waals surface area contributed by atoms with Crippen LogP contribution in [0.15, 0.2) is 36.9 Å². The number of hydrogen-bond donors (Lipinski definition) is 3. The summed E-state index contributed by atoms with van der Waals surface area (Å²) in [6.07, 6.45) is 6.86. The lowest BCUT2D eigenvalue weighted by molar-refractivity contribution is 0.252. The van der Waals surface area contributed by atoms with E-state index in [9.17, 15) is 4.79 Å². The molecular weight excluding hydrogens is 256 g/mol. The average Bonchev–Trinajstić information content (AvgIpc) is 2.92. The molecule has 0 atom stereocenters. The van der Waals surface area contributed by atoms with E-state index in [0.717, 1.165) is 12.2 Å². The molecular formula is C13H18N6O. The van der Waals surface area contributed by atoms with Crippen molar-refractivity contribution in [3.8, 4) is 0 Å². The average molecular weight is 274 g/mol. The normalized spacial score (nSPS) is 10.1. The molecule has 0 radical (unpaired) electrons. The van der Waals surface area contributed by atoms with Gasteiger partial charge in [-0.1, -0.05) is 0 Å². The number of pyridine rings is 1. The topological polar surface area (TPSA) is 83.9 Å². The fraction of sp³-hybridized carbons (Fsp3) is 0.308. The van der Waals surface area contributed by atoms with Gasteiger partial charge in [0.1, 0.15) is 0 Å². The molecule has 0 aliphatic carbocycles. The summed E-state index contributed by atoms with van der Waals surface area (Å²) >= 11 is 0. The van der Waals surface area contributed by atoms with Crippen molar-refractivity contribution in [1.29, 1.82) is 0 Å². The summed E-state index contributed by atoms with van der Waals surface area (Å²) in [5, 5.41) is 12.7. The van der Waals surface area contributed by atoms with Crippen LogP contribution in [-0.4, -0.2) is 33.9 Å². The Morgan fingerprint density at radius 1 is 1.30 bits per heavy atom. The van der Waals surface area contributed by atoms with Crippen LogP contribution in [-0.2, 0) is 6.54 Å². The van der Waals surface area contributed by atoms with Gasteiger partial charge in [0.2, 0.25) is 0 Å². The van der Waals surface area contributed by atoms with Gasteiger partial charge in [0.15, 0.2) is 0 Å². The number of nitrogens with one attached hydrogen (secondary N) is 3. The Bertz CT molecular complexity index is 539. The van der Waals surface area contributed by atoms with Gasteiger partial charge in [-0.25, -0.2) is 4.79 Å². The first-order chi connectivity index (χ1) is 9.78. The van der Waals surface area contributed by atoms with Gasteiger partial charge in [-0.3, -0.25) is 9.67 Å². The van der Waals surface area contributed by atoms with E-state index in [-0.39, 0.29) is 6.03 Å². The molecule has 7 heteroatoms. The molecule has 2 amide bonds. The van der Waals surface area contributed by atoms with Gasteiger partial charge in [-0.2, -0.15) is 5.10 Å². The van der Waals surface area contributed by atoms with E-state index >= 15 is 0 Å². The molecule has 2 aromatic rings. The standard InChI is InChI=1S/C13H18N6O/c1-2-19-10-12(9-17-19)18-13(20)16-7-6-15-11-4-3-5-14-8-11/h3-5,8-10,15H,2,6-7H2,1H3,(H2,16,18,20). The molecule has 0 aromatic carbocycles. The van der Waals surface area contributed by atoms with Crippen LogP contribution >= 0.6 is 0 Å². The molecule has 0 bridgehead atoms. The number of carbonyl (C=O) groups excluding carboxylic acids is 1. The van der Waals surface area contributed by atoms with Crippen molar-refractivity contribution in [3.63, 3.8) is 0 Å². The number of nitrogens with zero attached hydrogens (tertiary/aromatic N) is 3. The van der Waals surface area contributed by atoms with Crippen LogP contribution in [0.2, 0.25) is 0 Å². The maximum absolute atomic E-state index is 11.6. The van der Waals surface area contributed by atoms with E-state index in [1.54, 1.807) is 29.5 Å². The molecule has 2 heterocycles. The second kappa shape index (κ2) is 7.13. The predicted molar refractivity (Wildman–Crippen MR) is 77.6 cm³/mol. The van der Waals surface area contributed by atoms with Gasteiger partial charge in [0.05, 0.1) is 17.6 Å². The summed E-state index contributed by atoms with van der Waals surface area (Å²) in [4.78, 5) is 15.6. The molecule has 0 aliphatic heterocycles. The van der Waals surface area contributed by atoms with Crippen LogP contribution in [0.3, 0.4) is 0 Å². The molecule has 0 fully saturated rings. The second-order valence-electron chi connectivity index (χ2n) is 4.13. The summed E-state index contributed by atoms with van der Waals surface area (Å²) in [7, 11) is 0. The lowest BCUT2D eigenvalue weighted by Gasteiger charge is -2.07. The van der Waals surface area contributed by atoms with Gasteiger partial charge < -0.3 is 16.0 Å². The minimum Gasteiger partial charge on any atom is -0.382 e. The molecule has 20 heavy (non-hydrogen) atoms. The third-order valence-corrected chi connectivity index (χ3v) is 2.62. The minimum absolute atomic E-state index is 0.242. The van der Waals surface area contributed by atoms with E-state index in [1.807, 2.05) is 19.1 Å². The molecule has 0 saturated carbocycles. The smallest absolute Gasteiger partial charge is 0.319 e. The minimum atomic E-state index is -0.242. The van der Waals surface area contributed by atoms with Crippen LogP contribution in [0.4, 0.5) is 16.2 Å². The van der Waals surface area contributed by atoms with Gasteiger partial charge in [-0.15, -0.1) is 0 Å². The highest BCUT2D eigenvalue weighted by atomic mass is 16.2. The Balaban J connectivity index is 1.65. The maximum Gasteiger partial charge on any atom is 0.319 e. The number of anilines is 2. The summed E-state index contributed by atoms with van der Waals surface area (Å²) < 4.78 is 1.75. The number of hydrogen-bond acceptors (Lipinski definition) is 4. The van der Waals surface area contributed by atoms with Crippen LogP contribution in [0, 0.1) is 0 Å². The highest BCUT2D eigenvalue weighted by molar-refractivity contribution is 5.88. The summed E-state index contributed by atoms with van der Waals surface area (Å²) in [6.45, 7) is 3.91. The Morgan fingerprint density at radius 3 is 2.90 bits per heavy atom. The van der Waals surface area contributed by atoms with Crippen molar-refractivity contribution < 1.29 is 4.79 Å². The molecule has 3 N–H and O–H groups in total. The predicted octanol–water partition coefficient (Wildman–Crippen LogP) is 1.53. The van der Waals surface area contributed by atoms with E-state index in [4.69, 9.17) is 0 Å². The molecule has 0 aliphatic rings. The SMILES string of the molecule is CCn1cc(NC(=O)NCCNc2cccnc2)cn1. The first kappa shape index (κ1) is 13.9. The highest BCUT2D eigenvalue weighted by Gasteiger charge is 2.02. The molecule has 0 saturated heterocycles. The van der Waals surface area contributed by atoms with Crippen molar-refractivity contribution in [2.75, 3.05) is 23.7 Å². The largest absolute Gasteiger partial charge is 0.382 e. The number of aromatic nitrogens is 3. The van der Waals surface area contributed by atoms with Crippen molar-refractivity contribution in [2.24, 2.45) is 0 Å². The van der Waals surface area contributed by atoms with Crippen molar-refractivity contribution in [1.82, 2.24) is 20.1 Å². The summed E-state index contributed by atoms with van der Waals surface area (Å²) in [5.41, 5.74) is 1.61. The zero-order chi connectivity index (χ0) is 14.2. The highest BCUT2D eigenvalue weighted by Crippen LogP contribution is 2.04. The maximum atomic E-state index is 11.6. The van der Waals surface area contributed by atoms with E-state index < -0.39 is 0 Å². The first-order valence-corrected chi connectivity index (χ1v) is 6.49. The zero-order valence-electron chi connectivity index (χ0n) is 11.3. The van der Waals surface area contributed by atoms with Gasteiger partial charge in [0, 0.05) is 38.2 Å². The lowest BCUT2D eigenvalue weighted by atomic mass is 10.4. The van der Waals surface area contributed by atoms with Crippen LogP contribution < -0.4 is 16.0 Å². The van der Waals surface area contributed by atoms with E-state index in [2.05, 4.69) is 26.0 Å². The third-order valence-electron chi connectivity index (χ3n) is 2.62. The molecule has 7 nitrogen and oxygen atoms in total. The van der Waals surface area contributed by atoms with E-state index in [0.29, 0.717) is 18.8 Å². The third kappa shape index (κ3) is 4.27. The Kier molecular flexibility index (Phi) is 4.94. The quantitative estimate of drug-likeness (QED) is 0.697.